The minimum atomic E-state index is -0.233. The third-order valence-electron chi connectivity index (χ3n) is 5.07. The van der Waals surface area contributed by atoms with Crippen LogP contribution in [0.15, 0.2) is 47.0 Å². The van der Waals surface area contributed by atoms with Gasteiger partial charge in [-0.2, -0.15) is 5.10 Å². The fourth-order valence-corrected chi connectivity index (χ4v) is 3.83. The standard InChI is InChI=1S/C21H24FN3O/c1-14-4-9-17(26-14)12-23-19-10-21(2,3)11-20-18(19)13-24-25(20)16-7-5-15(22)6-8-16/h4-9,13,19,23H,10-12H2,1-3H3/t19-/m0/s1. The maximum absolute atomic E-state index is 13.3. The predicted molar refractivity (Wildman–Crippen MR) is 98.6 cm³/mol. The molecule has 2 aromatic heterocycles. The van der Waals surface area contributed by atoms with Crippen LogP contribution in [0.1, 0.15) is 49.1 Å². The molecule has 0 fully saturated rings. The van der Waals surface area contributed by atoms with Gasteiger partial charge in [0.2, 0.25) is 0 Å². The van der Waals surface area contributed by atoms with Crippen molar-refractivity contribution in [3.63, 3.8) is 0 Å². The Morgan fingerprint density at radius 3 is 2.69 bits per heavy atom. The van der Waals surface area contributed by atoms with Gasteiger partial charge in [0.15, 0.2) is 0 Å². The quantitative estimate of drug-likeness (QED) is 0.738. The Balaban J connectivity index is 1.63. The van der Waals surface area contributed by atoms with Crippen molar-refractivity contribution in [3.8, 4) is 5.69 Å². The van der Waals surface area contributed by atoms with Crippen LogP contribution in [0.2, 0.25) is 0 Å². The molecule has 0 saturated carbocycles. The number of hydrogen-bond acceptors (Lipinski definition) is 3. The molecule has 4 nitrogen and oxygen atoms in total. The topological polar surface area (TPSA) is 43.0 Å². The van der Waals surface area contributed by atoms with E-state index in [-0.39, 0.29) is 17.3 Å². The van der Waals surface area contributed by atoms with E-state index in [0.717, 1.165) is 30.0 Å². The van der Waals surface area contributed by atoms with Crippen LogP contribution in [0, 0.1) is 18.2 Å². The van der Waals surface area contributed by atoms with Crippen molar-refractivity contribution in [1.29, 1.82) is 0 Å². The zero-order valence-electron chi connectivity index (χ0n) is 15.4. The van der Waals surface area contributed by atoms with E-state index in [2.05, 4.69) is 24.3 Å². The largest absolute Gasteiger partial charge is 0.465 e. The highest BCUT2D eigenvalue weighted by atomic mass is 19.1. The van der Waals surface area contributed by atoms with Gasteiger partial charge in [-0.1, -0.05) is 13.8 Å². The second-order valence-corrected chi connectivity index (χ2v) is 7.93. The van der Waals surface area contributed by atoms with Crippen molar-refractivity contribution in [1.82, 2.24) is 15.1 Å². The maximum atomic E-state index is 13.3. The highest BCUT2D eigenvalue weighted by Crippen LogP contribution is 2.41. The Kier molecular flexibility index (Phi) is 4.19. The van der Waals surface area contributed by atoms with Crippen LogP contribution in [-0.4, -0.2) is 9.78 Å². The summed E-state index contributed by atoms with van der Waals surface area (Å²) in [6.07, 6.45) is 3.92. The summed E-state index contributed by atoms with van der Waals surface area (Å²) in [6, 6.07) is 10.7. The van der Waals surface area contributed by atoms with Crippen LogP contribution < -0.4 is 5.32 Å². The van der Waals surface area contributed by atoms with Gasteiger partial charge in [0.05, 0.1) is 18.4 Å². The third-order valence-corrected chi connectivity index (χ3v) is 5.07. The Morgan fingerprint density at radius 1 is 1.23 bits per heavy atom. The van der Waals surface area contributed by atoms with Gasteiger partial charge in [0, 0.05) is 17.3 Å². The van der Waals surface area contributed by atoms with Gasteiger partial charge in [0.25, 0.3) is 0 Å². The van der Waals surface area contributed by atoms with Gasteiger partial charge in [-0.05, 0) is 61.6 Å². The summed E-state index contributed by atoms with van der Waals surface area (Å²) in [5.74, 6) is 1.64. The van der Waals surface area contributed by atoms with E-state index in [9.17, 15) is 4.39 Å². The second-order valence-electron chi connectivity index (χ2n) is 7.93. The summed E-state index contributed by atoms with van der Waals surface area (Å²) in [7, 11) is 0. The van der Waals surface area contributed by atoms with Crippen LogP contribution in [0.25, 0.3) is 5.69 Å². The maximum Gasteiger partial charge on any atom is 0.123 e. The van der Waals surface area contributed by atoms with Gasteiger partial charge < -0.3 is 9.73 Å². The molecule has 136 valence electrons. The summed E-state index contributed by atoms with van der Waals surface area (Å²) in [5.41, 5.74) is 3.46. The molecule has 5 heteroatoms. The Hall–Kier alpha value is -2.40. The molecule has 1 aromatic carbocycles. The molecule has 1 N–H and O–H groups in total. The monoisotopic (exact) mass is 353 g/mol. The Morgan fingerprint density at radius 2 is 2.00 bits per heavy atom. The summed E-state index contributed by atoms with van der Waals surface area (Å²) in [6.45, 7) is 7.21. The summed E-state index contributed by atoms with van der Waals surface area (Å²) in [4.78, 5) is 0. The smallest absolute Gasteiger partial charge is 0.123 e. The van der Waals surface area contributed by atoms with Crippen molar-refractivity contribution in [3.05, 3.63) is 71.2 Å². The number of hydrogen-bond donors (Lipinski definition) is 1. The van der Waals surface area contributed by atoms with E-state index in [0.29, 0.717) is 6.54 Å². The molecular weight excluding hydrogens is 329 g/mol. The SMILES string of the molecule is Cc1ccc(CN[C@H]2CC(C)(C)Cc3c2cnn3-c2ccc(F)cc2)o1. The predicted octanol–water partition coefficient (Wildman–Crippen LogP) is 4.72. The molecule has 0 spiro atoms. The van der Waals surface area contributed by atoms with E-state index in [1.165, 1.54) is 23.4 Å². The lowest BCUT2D eigenvalue weighted by atomic mass is 9.74. The van der Waals surface area contributed by atoms with Crippen LogP contribution in [0.4, 0.5) is 4.39 Å². The highest BCUT2D eigenvalue weighted by Gasteiger charge is 2.35. The van der Waals surface area contributed by atoms with Crippen molar-refractivity contribution in [2.24, 2.45) is 5.41 Å². The zero-order valence-corrected chi connectivity index (χ0v) is 15.4. The number of furan rings is 1. The number of halogens is 1. The third kappa shape index (κ3) is 3.31. The van der Waals surface area contributed by atoms with Gasteiger partial charge >= 0.3 is 0 Å². The second kappa shape index (κ2) is 6.40. The molecule has 0 bridgehead atoms. The summed E-state index contributed by atoms with van der Waals surface area (Å²) in [5, 5.41) is 8.23. The van der Waals surface area contributed by atoms with Crippen LogP contribution in [0.3, 0.4) is 0 Å². The molecule has 0 saturated heterocycles. The molecule has 0 amide bonds. The van der Waals surface area contributed by atoms with Gasteiger partial charge in [-0.15, -0.1) is 0 Å². The first-order valence-corrected chi connectivity index (χ1v) is 9.03. The molecular formula is C21H24FN3O. The number of fused-ring (bicyclic) bond motifs is 1. The number of nitrogens with one attached hydrogen (secondary N) is 1. The molecule has 1 atom stereocenters. The molecule has 26 heavy (non-hydrogen) atoms. The molecule has 1 aliphatic rings. The lowest BCUT2D eigenvalue weighted by molar-refractivity contribution is 0.249. The van der Waals surface area contributed by atoms with Crippen LogP contribution in [-0.2, 0) is 13.0 Å². The fraction of sp³-hybridized carbons (Fsp3) is 0.381. The van der Waals surface area contributed by atoms with Gasteiger partial charge in [0.1, 0.15) is 17.3 Å². The number of benzene rings is 1. The average Bonchev–Trinajstić information content (AvgIpc) is 3.19. The number of nitrogens with zero attached hydrogens (tertiary/aromatic N) is 2. The molecule has 4 rings (SSSR count). The fourth-order valence-electron chi connectivity index (χ4n) is 3.83. The first kappa shape index (κ1) is 17.0. The van der Waals surface area contributed by atoms with Crippen molar-refractivity contribution < 1.29 is 8.81 Å². The van der Waals surface area contributed by atoms with E-state index >= 15 is 0 Å². The molecule has 0 aliphatic heterocycles. The zero-order chi connectivity index (χ0) is 18.3. The van der Waals surface area contributed by atoms with E-state index in [1.54, 1.807) is 12.1 Å². The molecule has 2 heterocycles. The number of aryl methyl sites for hydroxylation is 1. The van der Waals surface area contributed by atoms with Crippen molar-refractivity contribution >= 4 is 0 Å². The van der Waals surface area contributed by atoms with E-state index in [4.69, 9.17) is 4.42 Å². The van der Waals surface area contributed by atoms with Gasteiger partial charge in [-0.25, -0.2) is 9.07 Å². The van der Waals surface area contributed by atoms with Crippen molar-refractivity contribution in [2.45, 2.75) is 46.2 Å². The molecule has 1 aliphatic carbocycles. The van der Waals surface area contributed by atoms with Crippen molar-refractivity contribution in [2.75, 3.05) is 0 Å². The normalized spacial score (nSPS) is 18.7. The van der Waals surface area contributed by atoms with Gasteiger partial charge in [-0.3, -0.25) is 0 Å². The highest BCUT2D eigenvalue weighted by molar-refractivity contribution is 5.38. The first-order chi connectivity index (χ1) is 12.4. The average molecular weight is 353 g/mol. The molecule has 0 unspecified atom stereocenters. The Labute approximate surface area is 153 Å². The summed E-state index contributed by atoms with van der Waals surface area (Å²) < 4.78 is 20.9. The molecule has 0 radical (unpaired) electrons. The molecule has 3 aromatic rings. The number of rotatable bonds is 4. The van der Waals surface area contributed by atoms with Crippen LogP contribution >= 0.6 is 0 Å². The first-order valence-electron chi connectivity index (χ1n) is 9.03. The van der Waals surface area contributed by atoms with Crippen LogP contribution in [0.5, 0.6) is 0 Å². The lowest BCUT2D eigenvalue weighted by Crippen LogP contribution is -2.33. The minimum absolute atomic E-state index is 0.154. The van der Waals surface area contributed by atoms with E-state index in [1.807, 2.05) is 29.9 Å². The number of aromatic nitrogens is 2. The Bertz CT molecular complexity index is 908. The van der Waals surface area contributed by atoms with E-state index < -0.39 is 0 Å². The summed E-state index contributed by atoms with van der Waals surface area (Å²) >= 11 is 0. The lowest BCUT2D eigenvalue weighted by Gasteiger charge is -2.36. The minimum Gasteiger partial charge on any atom is -0.465 e.